The lowest BCUT2D eigenvalue weighted by Crippen LogP contribution is -2.45. The minimum atomic E-state index is -0.0877. The summed E-state index contributed by atoms with van der Waals surface area (Å²) in [6.45, 7) is 2.94. The summed E-state index contributed by atoms with van der Waals surface area (Å²) in [6, 6.07) is 23.4. The van der Waals surface area contributed by atoms with Crippen LogP contribution in [0.25, 0.3) is 0 Å². The van der Waals surface area contributed by atoms with E-state index in [1.54, 1.807) is 36.5 Å². The molecule has 31 heavy (non-hydrogen) atoms. The number of piperidine rings is 1. The van der Waals surface area contributed by atoms with E-state index in [1.807, 2.05) is 18.2 Å². The van der Waals surface area contributed by atoms with Gasteiger partial charge in [0.15, 0.2) is 6.61 Å². The van der Waals surface area contributed by atoms with Crippen molar-refractivity contribution in [2.24, 2.45) is 0 Å². The molecule has 1 N–H and O–H groups in total. The van der Waals surface area contributed by atoms with Crippen LogP contribution in [0.4, 0.5) is 0 Å². The van der Waals surface area contributed by atoms with Gasteiger partial charge in [-0.15, -0.1) is 0 Å². The number of benzene rings is 2. The molecule has 2 aromatic carbocycles. The SMILES string of the molecule is O=C(COc1ccc(Oc2ccccn2)cc1)NC1CCN(Cc2ccccc2)CC1. The van der Waals surface area contributed by atoms with Gasteiger partial charge in [0.05, 0.1) is 0 Å². The quantitative estimate of drug-likeness (QED) is 0.599. The van der Waals surface area contributed by atoms with E-state index >= 15 is 0 Å². The minimum Gasteiger partial charge on any atom is -0.484 e. The third kappa shape index (κ3) is 6.55. The van der Waals surface area contributed by atoms with Crippen molar-refractivity contribution in [2.75, 3.05) is 19.7 Å². The third-order valence-corrected chi connectivity index (χ3v) is 5.26. The number of hydrogen-bond acceptors (Lipinski definition) is 5. The molecule has 6 heteroatoms. The first-order valence-corrected chi connectivity index (χ1v) is 10.6. The molecule has 1 aliphatic heterocycles. The number of pyridine rings is 1. The van der Waals surface area contributed by atoms with Crippen LogP contribution in [-0.2, 0) is 11.3 Å². The average molecular weight is 418 g/mol. The van der Waals surface area contributed by atoms with E-state index in [1.165, 1.54) is 5.56 Å². The monoisotopic (exact) mass is 417 g/mol. The first-order chi connectivity index (χ1) is 15.2. The molecule has 0 spiro atoms. The zero-order valence-corrected chi connectivity index (χ0v) is 17.4. The molecule has 0 radical (unpaired) electrons. The van der Waals surface area contributed by atoms with Gasteiger partial charge in [-0.3, -0.25) is 9.69 Å². The number of ether oxygens (including phenoxy) is 2. The van der Waals surface area contributed by atoms with Gasteiger partial charge in [-0.2, -0.15) is 0 Å². The van der Waals surface area contributed by atoms with Gasteiger partial charge < -0.3 is 14.8 Å². The number of carbonyl (C=O) groups excluding carboxylic acids is 1. The molecule has 1 saturated heterocycles. The number of nitrogens with one attached hydrogen (secondary N) is 1. The molecule has 4 rings (SSSR count). The molecule has 160 valence electrons. The molecule has 1 aliphatic rings. The van der Waals surface area contributed by atoms with Crippen LogP contribution in [0.1, 0.15) is 18.4 Å². The average Bonchev–Trinajstić information content (AvgIpc) is 2.81. The second-order valence-electron chi connectivity index (χ2n) is 7.63. The van der Waals surface area contributed by atoms with Crippen LogP contribution in [0.15, 0.2) is 79.0 Å². The van der Waals surface area contributed by atoms with Crippen molar-refractivity contribution in [3.63, 3.8) is 0 Å². The predicted octanol–water partition coefficient (Wildman–Crippen LogP) is 4.03. The number of hydrogen-bond donors (Lipinski definition) is 1. The summed E-state index contributed by atoms with van der Waals surface area (Å²) < 4.78 is 11.3. The number of likely N-dealkylation sites (tertiary alicyclic amines) is 1. The number of amides is 1. The van der Waals surface area contributed by atoms with Gasteiger partial charge in [0, 0.05) is 37.9 Å². The highest BCUT2D eigenvalue weighted by atomic mass is 16.5. The Morgan fingerprint density at radius 1 is 0.935 bits per heavy atom. The van der Waals surface area contributed by atoms with E-state index < -0.39 is 0 Å². The van der Waals surface area contributed by atoms with Crippen molar-refractivity contribution in [2.45, 2.75) is 25.4 Å². The molecule has 2 heterocycles. The topological polar surface area (TPSA) is 63.7 Å². The maximum absolute atomic E-state index is 12.3. The van der Waals surface area contributed by atoms with Gasteiger partial charge in [0.1, 0.15) is 11.5 Å². The van der Waals surface area contributed by atoms with Crippen molar-refractivity contribution in [1.82, 2.24) is 15.2 Å². The summed E-state index contributed by atoms with van der Waals surface area (Å²) >= 11 is 0. The molecule has 0 bridgehead atoms. The van der Waals surface area contributed by atoms with Gasteiger partial charge in [0.2, 0.25) is 5.88 Å². The maximum Gasteiger partial charge on any atom is 0.258 e. The number of aromatic nitrogens is 1. The highest BCUT2D eigenvalue weighted by Gasteiger charge is 2.20. The Balaban J connectivity index is 1.16. The zero-order chi connectivity index (χ0) is 21.3. The van der Waals surface area contributed by atoms with Crippen LogP contribution in [0.5, 0.6) is 17.4 Å². The van der Waals surface area contributed by atoms with Crippen LogP contribution in [-0.4, -0.2) is 41.5 Å². The minimum absolute atomic E-state index is 0.00464. The predicted molar refractivity (Wildman–Crippen MR) is 119 cm³/mol. The van der Waals surface area contributed by atoms with Crippen LogP contribution in [0, 0.1) is 0 Å². The second-order valence-corrected chi connectivity index (χ2v) is 7.63. The normalized spacial score (nSPS) is 14.7. The van der Waals surface area contributed by atoms with E-state index in [2.05, 4.69) is 39.5 Å². The Hall–Kier alpha value is -3.38. The Morgan fingerprint density at radius 2 is 1.65 bits per heavy atom. The van der Waals surface area contributed by atoms with E-state index in [-0.39, 0.29) is 18.6 Å². The Kier molecular flexibility index (Phi) is 7.13. The molecule has 0 atom stereocenters. The molecular weight excluding hydrogens is 390 g/mol. The summed E-state index contributed by atoms with van der Waals surface area (Å²) in [7, 11) is 0. The lowest BCUT2D eigenvalue weighted by molar-refractivity contribution is -0.124. The van der Waals surface area contributed by atoms with E-state index in [0.29, 0.717) is 17.4 Å². The lowest BCUT2D eigenvalue weighted by atomic mass is 10.0. The molecule has 0 saturated carbocycles. The van der Waals surface area contributed by atoms with Crippen LogP contribution < -0.4 is 14.8 Å². The number of nitrogens with zero attached hydrogens (tertiary/aromatic N) is 2. The maximum atomic E-state index is 12.3. The second kappa shape index (κ2) is 10.6. The Morgan fingerprint density at radius 3 is 2.35 bits per heavy atom. The summed E-state index contributed by atoms with van der Waals surface area (Å²) in [5.41, 5.74) is 1.33. The fraction of sp³-hybridized carbons (Fsp3) is 0.280. The molecule has 1 aromatic heterocycles. The van der Waals surface area contributed by atoms with Gasteiger partial charge >= 0.3 is 0 Å². The van der Waals surface area contributed by atoms with Crippen molar-refractivity contribution >= 4 is 5.91 Å². The molecule has 0 unspecified atom stereocenters. The standard InChI is InChI=1S/C25H27N3O3/c29-24(27-21-13-16-28(17-14-21)18-20-6-2-1-3-7-20)19-30-22-9-11-23(12-10-22)31-25-8-4-5-15-26-25/h1-12,15,21H,13-14,16-19H2,(H,27,29). The van der Waals surface area contributed by atoms with Crippen LogP contribution in [0.2, 0.25) is 0 Å². The number of carbonyl (C=O) groups is 1. The first kappa shape index (κ1) is 20.9. The van der Waals surface area contributed by atoms with Gasteiger partial charge in [-0.1, -0.05) is 36.4 Å². The Bertz CT molecular complexity index is 941. The molecule has 3 aromatic rings. The highest BCUT2D eigenvalue weighted by Crippen LogP contribution is 2.22. The third-order valence-electron chi connectivity index (χ3n) is 5.26. The van der Waals surface area contributed by atoms with Crippen molar-refractivity contribution in [3.8, 4) is 17.4 Å². The largest absolute Gasteiger partial charge is 0.484 e. The Labute approximate surface area is 182 Å². The summed E-state index contributed by atoms with van der Waals surface area (Å²) in [5, 5.41) is 3.09. The smallest absolute Gasteiger partial charge is 0.258 e. The van der Waals surface area contributed by atoms with E-state index in [0.717, 1.165) is 32.5 Å². The van der Waals surface area contributed by atoms with Crippen molar-refractivity contribution < 1.29 is 14.3 Å². The summed E-state index contributed by atoms with van der Waals surface area (Å²) in [5.74, 6) is 1.74. The molecule has 1 amide bonds. The van der Waals surface area contributed by atoms with Crippen LogP contribution >= 0.6 is 0 Å². The molecule has 1 fully saturated rings. The first-order valence-electron chi connectivity index (χ1n) is 10.6. The van der Waals surface area contributed by atoms with Crippen LogP contribution in [0.3, 0.4) is 0 Å². The molecular formula is C25H27N3O3. The fourth-order valence-electron chi connectivity index (χ4n) is 3.63. The summed E-state index contributed by atoms with van der Waals surface area (Å²) in [4.78, 5) is 18.8. The highest BCUT2D eigenvalue weighted by molar-refractivity contribution is 5.77. The zero-order valence-electron chi connectivity index (χ0n) is 17.4. The van der Waals surface area contributed by atoms with Gasteiger partial charge in [-0.05, 0) is 48.7 Å². The van der Waals surface area contributed by atoms with Crippen molar-refractivity contribution in [3.05, 3.63) is 84.6 Å². The number of rotatable bonds is 8. The van der Waals surface area contributed by atoms with Crippen molar-refractivity contribution in [1.29, 1.82) is 0 Å². The van der Waals surface area contributed by atoms with E-state index in [4.69, 9.17) is 9.47 Å². The molecule has 6 nitrogen and oxygen atoms in total. The van der Waals surface area contributed by atoms with Gasteiger partial charge in [-0.25, -0.2) is 4.98 Å². The lowest BCUT2D eigenvalue weighted by Gasteiger charge is -2.32. The van der Waals surface area contributed by atoms with E-state index in [9.17, 15) is 4.79 Å². The fourth-order valence-corrected chi connectivity index (χ4v) is 3.63. The molecule has 0 aliphatic carbocycles. The van der Waals surface area contributed by atoms with Gasteiger partial charge in [0.25, 0.3) is 5.91 Å². The summed E-state index contributed by atoms with van der Waals surface area (Å²) in [6.07, 6.45) is 3.59.